The number of carbonyl (C=O) groups is 1. The summed E-state index contributed by atoms with van der Waals surface area (Å²) in [4.78, 5) is 12.6. The van der Waals surface area contributed by atoms with Crippen LogP contribution in [0.1, 0.15) is 4.88 Å². The lowest BCUT2D eigenvalue weighted by molar-refractivity contribution is -0.115. The fraction of sp³-hybridized carbons (Fsp3) is 0.0833. The molecule has 0 saturated carbocycles. The summed E-state index contributed by atoms with van der Waals surface area (Å²) in [5.41, 5.74) is 5.94. The van der Waals surface area contributed by atoms with E-state index in [-0.39, 0.29) is 11.6 Å². The Labute approximate surface area is 102 Å². The van der Waals surface area contributed by atoms with Gasteiger partial charge in [0.15, 0.2) is 0 Å². The first-order valence-electron chi connectivity index (χ1n) is 5.02. The first-order chi connectivity index (χ1) is 8.15. The van der Waals surface area contributed by atoms with Crippen molar-refractivity contribution >= 4 is 28.6 Å². The monoisotopic (exact) mass is 250 g/mol. The predicted molar refractivity (Wildman–Crippen MR) is 67.5 cm³/mol. The molecule has 1 heterocycles. The van der Waals surface area contributed by atoms with Crippen molar-refractivity contribution in [1.29, 1.82) is 0 Å². The molecule has 5 heteroatoms. The quantitative estimate of drug-likeness (QED) is 0.823. The lowest BCUT2D eigenvalue weighted by Crippen LogP contribution is -2.13. The highest BCUT2D eigenvalue weighted by Gasteiger charge is 2.06. The molecule has 3 N–H and O–H groups in total. The molecule has 17 heavy (non-hydrogen) atoms. The molecule has 2 rings (SSSR count). The summed E-state index contributed by atoms with van der Waals surface area (Å²) in [7, 11) is 0. The third kappa shape index (κ3) is 3.04. The van der Waals surface area contributed by atoms with Gasteiger partial charge in [-0.2, -0.15) is 0 Å². The van der Waals surface area contributed by atoms with E-state index in [0.29, 0.717) is 12.1 Å². The number of hydrogen-bond donors (Lipinski definition) is 2. The Morgan fingerprint density at radius 2 is 2.24 bits per heavy atom. The van der Waals surface area contributed by atoms with E-state index >= 15 is 0 Å². The van der Waals surface area contributed by atoms with Crippen molar-refractivity contribution in [3.63, 3.8) is 0 Å². The average molecular weight is 250 g/mol. The summed E-state index contributed by atoms with van der Waals surface area (Å²) in [5.74, 6) is -0.625. The third-order valence-electron chi connectivity index (χ3n) is 2.19. The Morgan fingerprint density at radius 3 is 2.88 bits per heavy atom. The van der Waals surface area contributed by atoms with Crippen LogP contribution >= 0.6 is 11.3 Å². The van der Waals surface area contributed by atoms with Crippen molar-refractivity contribution in [3.05, 3.63) is 46.4 Å². The number of halogens is 1. The molecule has 0 fully saturated rings. The molecule has 0 bridgehead atoms. The topological polar surface area (TPSA) is 55.1 Å². The second-order valence-corrected chi connectivity index (χ2v) is 4.57. The van der Waals surface area contributed by atoms with Gasteiger partial charge in [0.1, 0.15) is 5.82 Å². The van der Waals surface area contributed by atoms with E-state index in [0.717, 1.165) is 4.88 Å². The molecule has 0 saturated heterocycles. The fourth-order valence-electron chi connectivity index (χ4n) is 1.40. The van der Waals surface area contributed by atoms with Gasteiger partial charge >= 0.3 is 0 Å². The lowest BCUT2D eigenvalue weighted by atomic mass is 10.2. The fourth-order valence-corrected chi connectivity index (χ4v) is 2.10. The van der Waals surface area contributed by atoms with Gasteiger partial charge in [0.25, 0.3) is 0 Å². The number of hydrogen-bond acceptors (Lipinski definition) is 3. The molecule has 0 atom stereocenters. The van der Waals surface area contributed by atoms with E-state index in [2.05, 4.69) is 5.32 Å². The Kier molecular flexibility index (Phi) is 3.39. The normalized spacial score (nSPS) is 10.2. The van der Waals surface area contributed by atoms with Crippen molar-refractivity contribution in [1.82, 2.24) is 0 Å². The Bertz CT molecular complexity index is 525. The van der Waals surface area contributed by atoms with E-state index in [1.807, 2.05) is 17.5 Å². The SMILES string of the molecule is Nc1cc(NC(=O)Cc2cccs2)ccc1F. The second-order valence-electron chi connectivity index (χ2n) is 3.54. The van der Waals surface area contributed by atoms with Crippen LogP contribution in [0, 0.1) is 5.82 Å². The molecule has 0 unspecified atom stereocenters. The number of amides is 1. The Balaban J connectivity index is 2.00. The number of thiophene rings is 1. The molecule has 0 spiro atoms. The van der Waals surface area contributed by atoms with Crippen LogP contribution in [-0.4, -0.2) is 5.91 Å². The van der Waals surface area contributed by atoms with Gasteiger partial charge < -0.3 is 11.1 Å². The summed E-state index contributed by atoms with van der Waals surface area (Å²) in [6.45, 7) is 0. The van der Waals surface area contributed by atoms with Crippen LogP contribution in [0.15, 0.2) is 35.7 Å². The van der Waals surface area contributed by atoms with Crippen LogP contribution in [0.4, 0.5) is 15.8 Å². The van der Waals surface area contributed by atoms with Crippen LogP contribution in [-0.2, 0) is 11.2 Å². The van der Waals surface area contributed by atoms with Gasteiger partial charge in [-0.15, -0.1) is 11.3 Å². The molecule has 1 aromatic carbocycles. The van der Waals surface area contributed by atoms with E-state index in [9.17, 15) is 9.18 Å². The van der Waals surface area contributed by atoms with Gasteiger partial charge in [-0.05, 0) is 29.6 Å². The average Bonchev–Trinajstić information content (AvgIpc) is 2.76. The zero-order valence-corrected chi connectivity index (χ0v) is 9.76. The predicted octanol–water partition coefficient (Wildman–Crippen LogP) is 2.65. The minimum absolute atomic E-state index is 0.0268. The van der Waals surface area contributed by atoms with Gasteiger partial charge in [-0.1, -0.05) is 6.07 Å². The zero-order valence-electron chi connectivity index (χ0n) is 8.94. The number of nitrogen functional groups attached to an aromatic ring is 1. The number of rotatable bonds is 3. The Hall–Kier alpha value is -1.88. The molecule has 2 aromatic rings. The molecule has 3 nitrogen and oxygen atoms in total. The molecule has 1 aromatic heterocycles. The number of nitrogens with two attached hydrogens (primary N) is 1. The van der Waals surface area contributed by atoms with E-state index < -0.39 is 5.82 Å². The molecule has 0 aliphatic carbocycles. The molecular weight excluding hydrogens is 239 g/mol. The molecule has 0 radical (unpaired) electrons. The second kappa shape index (κ2) is 4.97. The summed E-state index contributed by atoms with van der Waals surface area (Å²) in [6, 6.07) is 7.90. The van der Waals surface area contributed by atoms with Crippen LogP contribution in [0.3, 0.4) is 0 Å². The first kappa shape index (κ1) is 11.6. The van der Waals surface area contributed by atoms with Crippen LogP contribution in [0.2, 0.25) is 0 Å². The summed E-state index contributed by atoms with van der Waals surface area (Å²) < 4.78 is 12.9. The van der Waals surface area contributed by atoms with Crippen molar-refractivity contribution in [2.75, 3.05) is 11.1 Å². The van der Waals surface area contributed by atoms with Crippen molar-refractivity contribution in [2.45, 2.75) is 6.42 Å². The molecule has 1 amide bonds. The van der Waals surface area contributed by atoms with Gasteiger partial charge in [-0.3, -0.25) is 4.79 Å². The highest BCUT2D eigenvalue weighted by molar-refractivity contribution is 7.10. The zero-order chi connectivity index (χ0) is 12.3. The maximum Gasteiger partial charge on any atom is 0.229 e. The first-order valence-corrected chi connectivity index (χ1v) is 5.90. The van der Waals surface area contributed by atoms with Crippen LogP contribution in [0.25, 0.3) is 0 Å². The smallest absolute Gasteiger partial charge is 0.229 e. The summed E-state index contributed by atoms with van der Waals surface area (Å²) >= 11 is 1.52. The molecular formula is C12H11FN2OS. The van der Waals surface area contributed by atoms with E-state index in [1.165, 1.54) is 29.5 Å². The number of nitrogens with one attached hydrogen (secondary N) is 1. The highest BCUT2D eigenvalue weighted by atomic mass is 32.1. The highest BCUT2D eigenvalue weighted by Crippen LogP contribution is 2.17. The van der Waals surface area contributed by atoms with Gasteiger partial charge in [0.2, 0.25) is 5.91 Å². The van der Waals surface area contributed by atoms with Crippen molar-refractivity contribution in [3.8, 4) is 0 Å². The number of carbonyl (C=O) groups excluding carboxylic acids is 1. The van der Waals surface area contributed by atoms with Gasteiger partial charge in [-0.25, -0.2) is 4.39 Å². The van der Waals surface area contributed by atoms with Crippen molar-refractivity contribution < 1.29 is 9.18 Å². The summed E-state index contributed by atoms with van der Waals surface area (Å²) in [6.07, 6.45) is 0.314. The third-order valence-corrected chi connectivity index (χ3v) is 3.07. The molecule has 88 valence electrons. The molecule has 0 aliphatic heterocycles. The number of benzene rings is 1. The lowest BCUT2D eigenvalue weighted by Gasteiger charge is -2.05. The van der Waals surface area contributed by atoms with Gasteiger partial charge in [0.05, 0.1) is 12.1 Å². The van der Waals surface area contributed by atoms with E-state index in [1.54, 1.807) is 0 Å². The van der Waals surface area contributed by atoms with Crippen LogP contribution in [0.5, 0.6) is 0 Å². The minimum atomic E-state index is -0.485. The standard InChI is InChI=1S/C12H11FN2OS/c13-10-4-3-8(6-11(10)14)15-12(16)7-9-2-1-5-17-9/h1-6H,7,14H2,(H,15,16). The van der Waals surface area contributed by atoms with Gasteiger partial charge in [0, 0.05) is 10.6 Å². The summed E-state index contributed by atoms with van der Waals surface area (Å²) in [5, 5.41) is 4.58. The maximum atomic E-state index is 12.9. The maximum absolute atomic E-state index is 12.9. The largest absolute Gasteiger partial charge is 0.396 e. The number of anilines is 2. The molecule has 0 aliphatic rings. The van der Waals surface area contributed by atoms with Crippen LogP contribution < -0.4 is 11.1 Å². The minimum Gasteiger partial charge on any atom is -0.396 e. The Morgan fingerprint density at radius 1 is 1.41 bits per heavy atom. The van der Waals surface area contributed by atoms with E-state index in [4.69, 9.17) is 5.73 Å². The van der Waals surface area contributed by atoms with Crippen molar-refractivity contribution in [2.24, 2.45) is 0 Å².